The second kappa shape index (κ2) is 6.37. The molecular formula is C18H18N2O. The third kappa shape index (κ3) is 3.20. The van der Waals surface area contributed by atoms with Gasteiger partial charge < -0.3 is 4.42 Å². The van der Waals surface area contributed by atoms with Crippen molar-refractivity contribution in [2.24, 2.45) is 0 Å². The maximum Gasteiger partial charge on any atom is 0.120 e. The zero-order chi connectivity index (χ0) is 14.5. The number of hydrogen-bond donors (Lipinski definition) is 1. The highest BCUT2D eigenvalue weighted by atomic mass is 16.3. The minimum Gasteiger partial charge on any atom is -0.468 e. The number of nitrogens with zero attached hydrogens (tertiary/aromatic N) is 1. The number of furan rings is 1. The van der Waals surface area contributed by atoms with Gasteiger partial charge in [0.2, 0.25) is 0 Å². The smallest absolute Gasteiger partial charge is 0.120 e. The van der Waals surface area contributed by atoms with Crippen molar-refractivity contribution in [2.45, 2.75) is 19.0 Å². The van der Waals surface area contributed by atoms with Gasteiger partial charge in [-0.2, -0.15) is 0 Å². The van der Waals surface area contributed by atoms with Crippen LogP contribution in [0.3, 0.4) is 0 Å². The summed E-state index contributed by atoms with van der Waals surface area (Å²) in [5.74, 6) is 0.923. The maximum atomic E-state index is 5.49. The summed E-state index contributed by atoms with van der Waals surface area (Å²) in [6.07, 6.45) is 3.52. The number of hydrogen-bond acceptors (Lipinski definition) is 3. The first kappa shape index (κ1) is 13.6. The van der Waals surface area contributed by atoms with Gasteiger partial charge in [-0.1, -0.05) is 36.4 Å². The highest BCUT2D eigenvalue weighted by Crippen LogP contribution is 2.24. The summed E-state index contributed by atoms with van der Waals surface area (Å²) < 4.78 is 5.49. The van der Waals surface area contributed by atoms with Gasteiger partial charge in [-0.3, -0.25) is 10.3 Å². The van der Waals surface area contributed by atoms with E-state index < -0.39 is 0 Å². The SMILES string of the molecule is C[C@H](NC(c1ccccc1)c1ccccn1)c1ccco1. The Morgan fingerprint density at radius 1 is 0.952 bits per heavy atom. The van der Waals surface area contributed by atoms with Crippen molar-refractivity contribution in [3.63, 3.8) is 0 Å². The van der Waals surface area contributed by atoms with Crippen LogP contribution in [0.2, 0.25) is 0 Å². The zero-order valence-corrected chi connectivity index (χ0v) is 11.9. The normalized spacial score (nSPS) is 13.8. The van der Waals surface area contributed by atoms with E-state index in [9.17, 15) is 0 Å². The van der Waals surface area contributed by atoms with E-state index in [2.05, 4.69) is 29.4 Å². The minimum atomic E-state index is 0.0347. The summed E-state index contributed by atoms with van der Waals surface area (Å²) in [7, 11) is 0. The molecule has 0 bridgehead atoms. The van der Waals surface area contributed by atoms with Crippen molar-refractivity contribution in [2.75, 3.05) is 0 Å². The average Bonchev–Trinajstić information content (AvgIpc) is 3.09. The Morgan fingerprint density at radius 2 is 1.76 bits per heavy atom. The molecule has 0 aliphatic carbocycles. The molecule has 0 aliphatic rings. The molecule has 3 aromatic rings. The van der Waals surface area contributed by atoms with Crippen LogP contribution in [0.15, 0.2) is 77.5 Å². The van der Waals surface area contributed by atoms with Gasteiger partial charge in [-0.15, -0.1) is 0 Å². The third-order valence-corrected chi connectivity index (χ3v) is 3.50. The van der Waals surface area contributed by atoms with Crippen LogP contribution in [-0.2, 0) is 0 Å². The molecular weight excluding hydrogens is 260 g/mol. The Kier molecular flexibility index (Phi) is 4.12. The topological polar surface area (TPSA) is 38.1 Å². The molecule has 0 fully saturated rings. The lowest BCUT2D eigenvalue weighted by Gasteiger charge is -2.22. The van der Waals surface area contributed by atoms with Gasteiger partial charge in [0.05, 0.1) is 24.0 Å². The molecule has 0 saturated carbocycles. The average molecular weight is 278 g/mol. The molecule has 0 aliphatic heterocycles. The van der Waals surface area contributed by atoms with E-state index in [1.165, 1.54) is 5.56 Å². The Balaban J connectivity index is 1.90. The summed E-state index contributed by atoms with van der Waals surface area (Å²) in [5, 5.41) is 3.60. The minimum absolute atomic E-state index is 0.0347. The summed E-state index contributed by atoms with van der Waals surface area (Å²) >= 11 is 0. The third-order valence-electron chi connectivity index (χ3n) is 3.50. The van der Waals surface area contributed by atoms with E-state index in [1.807, 2.05) is 54.7 Å². The first-order chi connectivity index (χ1) is 10.3. The van der Waals surface area contributed by atoms with E-state index in [-0.39, 0.29) is 12.1 Å². The van der Waals surface area contributed by atoms with Gasteiger partial charge in [0, 0.05) is 6.20 Å². The lowest BCUT2D eigenvalue weighted by Crippen LogP contribution is -2.26. The van der Waals surface area contributed by atoms with E-state index in [4.69, 9.17) is 4.42 Å². The highest BCUT2D eigenvalue weighted by Gasteiger charge is 2.19. The van der Waals surface area contributed by atoms with Crippen molar-refractivity contribution in [1.29, 1.82) is 0 Å². The quantitative estimate of drug-likeness (QED) is 0.763. The molecule has 3 heteroatoms. The maximum absolute atomic E-state index is 5.49. The molecule has 0 radical (unpaired) electrons. The number of pyridine rings is 1. The van der Waals surface area contributed by atoms with Crippen LogP contribution in [0.25, 0.3) is 0 Å². The second-order valence-electron chi connectivity index (χ2n) is 5.00. The molecule has 1 aromatic carbocycles. The second-order valence-corrected chi connectivity index (χ2v) is 5.00. The fraction of sp³-hybridized carbons (Fsp3) is 0.167. The molecule has 0 amide bonds. The van der Waals surface area contributed by atoms with E-state index in [0.29, 0.717) is 0 Å². The van der Waals surface area contributed by atoms with Crippen LogP contribution in [0.4, 0.5) is 0 Å². The monoisotopic (exact) mass is 278 g/mol. The fourth-order valence-electron chi connectivity index (χ4n) is 2.41. The van der Waals surface area contributed by atoms with E-state index >= 15 is 0 Å². The van der Waals surface area contributed by atoms with Crippen molar-refractivity contribution in [1.82, 2.24) is 10.3 Å². The molecule has 3 rings (SSSR count). The molecule has 2 aromatic heterocycles. The summed E-state index contributed by atoms with van der Waals surface area (Å²) in [4.78, 5) is 4.50. The van der Waals surface area contributed by atoms with Crippen molar-refractivity contribution in [3.05, 3.63) is 90.1 Å². The Labute approximate surface area is 124 Å². The van der Waals surface area contributed by atoms with Crippen molar-refractivity contribution < 1.29 is 4.42 Å². The highest BCUT2D eigenvalue weighted by molar-refractivity contribution is 5.28. The van der Waals surface area contributed by atoms with Crippen molar-refractivity contribution in [3.8, 4) is 0 Å². The van der Waals surface area contributed by atoms with E-state index in [1.54, 1.807) is 6.26 Å². The van der Waals surface area contributed by atoms with E-state index in [0.717, 1.165) is 11.5 Å². The lowest BCUT2D eigenvalue weighted by molar-refractivity contribution is 0.409. The molecule has 0 saturated heterocycles. The number of rotatable bonds is 5. The fourth-order valence-corrected chi connectivity index (χ4v) is 2.41. The van der Waals surface area contributed by atoms with Crippen LogP contribution in [0.1, 0.15) is 36.0 Å². The first-order valence-electron chi connectivity index (χ1n) is 7.10. The predicted molar refractivity (Wildman–Crippen MR) is 82.8 cm³/mol. The largest absolute Gasteiger partial charge is 0.468 e. The molecule has 1 unspecified atom stereocenters. The molecule has 21 heavy (non-hydrogen) atoms. The lowest BCUT2D eigenvalue weighted by atomic mass is 10.0. The van der Waals surface area contributed by atoms with Gasteiger partial charge in [0.25, 0.3) is 0 Å². The van der Waals surface area contributed by atoms with Gasteiger partial charge >= 0.3 is 0 Å². The molecule has 2 atom stereocenters. The van der Waals surface area contributed by atoms with Crippen LogP contribution in [0.5, 0.6) is 0 Å². The van der Waals surface area contributed by atoms with Gasteiger partial charge in [-0.05, 0) is 36.8 Å². The first-order valence-corrected chi connectivity index (χ1v) is 7.10. The van der Waals surface area contributed by atoms with Crippen LogP contribution in [-0.4, -0.2) is 4.98 Å². The Morgan fingerprint density at radius 3 is 2.43 bits per heavy atom. The van der Waals surface area contributed by atoms with Crippen LogP contribution >= 0.6 is 0 Å². The summed E-state index contributed by atoms with van der Waals surface area (Å²) in [6.45, 7) is 2.09. The standard InChI is InChI=1S/C18H18N2O/c1-14(17-11-7-13-21-17)20-18(15-8-3-2-4-9-15)16-10-5-6-12-19-16/h2-14,18,20H,1H3/t14-,18?/m0/s1. The Hall–Kier alpha value is -2.39. The van der Waals surface area contributed by atoms with Crippen LogP contribution < -0.4 is 5.32 Å². The number of nitrogens with one attached hydrogen (secondary N) is 1. The molecule has 1 N–H and O–H groups in total. The molecule has 106 valence electrons. The Bertz CT molecular complexity index is 611. The predicted octanol–water partition coefficient (Wildman–Crippen LogP) is 4.11. The van der Waals surface area contributed by atoms with Gasteiger partial charge in [-0.25, -0.2) is 0 Å². The summed E-state index contributed by atoms with van der Waals surface area (Å²) in [5.41, 5.74) is 2.19. The van der Waals surface area contributed by atoms with Gasteiger partial charge in [0.15, 0.2) is 0 Å². The van der Waals surface area contributed by atoms with Crippen molar-refractivity contribution >= 4 is 0 Å². The summed E-state index contributed by atoms with van der Waals surface area (Å²) in [6, 6.07) is 20.4. The van der Waals surface area contributed by atoms with Gasteiger partial charge in [0.1, 0.15) is 5.76 Å². The zero-order valence-electron chi connectivity index (χ0n) is 11.9. The molecule has 2 heterocycles. The number of benzene rings is 1. The molecule has 0 spiro atoms. The number of aromatic nitrogens is 1. The van der Waals surface area contributed by atoms with Crippen LogP contribution in [0, 0.1) is 0 Å². The molecule has 3 nitrogen and oxygen atoms in total.